The minimum absolute atomic E-state index is 0. The van der Waals surface area contributed by atoms with Crippen LogP contribution in [0, 0.1) is 30.7 Å². The van der Waals surface area contributed by atoms with Crippen LogP contribution in [-0.2, 0) is 24.9 Å². The van der Waals surface area contributed by atoms with Crippen molar-refractivity contribution in [3.8, 4) is 0 Å². The standard InChI is InChI=1S/C24H21N2.C15H28O2.Ir/c1-14(2)17-7-8-19-22(13-17)26-10-9-25-24(26)21-12-18-6-5-15(3)11-20(18)16(4)23(19)21;1-7-14(5,8-2)12(16)11-13(17)15(6,9-3)10-4;/h5-11,13-14H,1-4H3;11,16H,7-10H2,1-6H3;/q-1;;/b;12-11-;. The number of aromatic nitrogens is 2. The van der Waals surface area contributed by atoms with Crippen LogP contribution in [0.25, 0.3) is 38.1 Å². The van der Waals surface area contributed by atoms with Gasteiger partial charge in [-0.3, -0.25) is 9.78 Å². The zero-order chi connectivity index (χ0) is 31.7. The molecule has 0 aliphatic rings. The summed E-state index contributed by atoms with van der Waals surface area (Å²) in [4.78, 5) is 16.8. The molecule has 0 spiro atoms. The first-order chi connectivity index (χ1) is 20.3. The van der Waals surface area contributed by atoms with E-state index in [0.29, 0.717) is 5.92 Å². The topological polar surface area (TPSA) is 54.6 Å². The Labute approximate surface area is 277 Å². The second-order valence-corrected chi connectivity index (χ2v) is 13.0. The number of aliphatic hydroxyl groups excluding tert-OH is 1. The quantitative estimate of drug-likeness (QED) is 0.0562. The van der Waals surface area contributed by atoms with Crippen molar-refractivity contribution in [3.05, 3.63) is 83.4 Å². The van der Waals surface area contributed by atoms with E-state index in [2.05, 4.69) is 85.7 Å². The summed E-state index contributed by atoms with van der Waals surface area (Å²) in [6.07, 6.45) is 8.70. The summed E-state index contributed by atoms with van der Waals surface area (Å²) in [5, 5.41) is 16.2. The normalized spacial score (nSPS) is 12.6. The Morgan fingerprint density at radius 3 is 2.18 bits per heavy atom. The molecule has 3 aromatic carbocycles. The predicted molar refractivity (Wildman–Crippen MR) is 183 cm³/mol. The minimum Gasteiger partial charge on any atom is -0.512 e. The van der Waals surface area contributed by atoms with E-state index in [0.717, 1.165) is 42.1 Å². The summed E-state index contributed by atoms with van der Waals surface area (Å²) < 4.78 is 2.21. The largest absolute Gasteiger partial charge is 0.512 e. The Kier molecular flexibility index (Phi) is 11.3. The number of aryl methyl sites for hydroxylation is 2. The zero-order valence-electron chi connectivity index (χ0n) is 28.2. The van der Waals surface area contributed by atoms with E-state index in [-0.39, 0.29) is 42.5 Å². The van der Waals surface area contributed by atoms with E-state index in [1.165, 1.54) is 44.4 Å². The van der Waals surface area contributed by atoms with Gasteiger partial charge in [-0.25, -0.2) is 0 Å². The van der Waals surface area contributed by atoms with Crippen LogP contribution in [0.5, 0.6) is 0 Å². The first kappa shape index (κ1) is 35.5. The van der Waals surface area contributed by atoms with Crippen molar-refractivity contribution < 1.29 is 30.0 Å². The van der Waals surface area contributed by atoms with Crippen molar-refractivity contribution in [2.24, 2.45) is 10.8 Å². The molecule has 0 fully saturated rings. The molecule has 5 heteroatoms. The van der Waals surface area contributed by atoms with Gasteiger partial charge in [0.1, 0.15) is 5.76 Å². The summed E-state index contributed by atoms with van der Waals surface area (Å²) in [7, 11) is 0. The number of allylic oxidation sites excluding steroid dienone is 2. The Balaban J connectivity index is 0.000000260. The van der Waals surface area contributed by atoms with Gasteiger partial charge in [0, 0.05) is 54.9 Å². The number of carbonyl (C=O) groups excluding carboxylic acids is 1. The average molecular weight is 770 g/mol. The van der Waals surface area contributed by atoms with Gasteiger partial charge in [0.25, 0.3) is 0 Å². The molecule has 0 bridgehead atoms. The Hall–Kier alpha value is -3.01. The summed E-state index contributed by atoms with van der Waals surface area (Å²) in [5.41, 5.74) is 5.55. The van der Waals surface area contributed by atoms with Crippen molar-refractivity contribution in [1.29, 1.82) is 0 Å². The van der Waals surface area contributed by atoms with Gasteiger partial charge in [0.2, 0.25) is 0 Å². The molecule has 2 heterocycles. The van der Waals surface area contributed by atoms with Gasteiger partial charge >= 0.3 is 0 Å². The number of benzene rings is 3. The smallest absolute Gasteiger partial charge is 0.164 e. The fourth-order valence-electron chi connectivity index (χ4n) is 5.79. The summed E-state index contributed by atoms with van der Waals surface area (Å²) >= 11 is 0. The monoisotopic (exact) mass is 770 g/mol. The second kappa shape index (κ2) is 14.0. The van der Waals surface area contributed by atoms with E-state index >= 15 is 0 Å². The van der Waals surface area contributed by atoms with E-state index < -0.39 is 0 Å². The third-order valence-electron chi connectivity index (χ3n) is 10.1. The van der Waals surface area contributed by atoms with Gasteiger partial charge in [0.15, 0.2) is 5.78 Å². The van der Waals surface area contributed by atoms with Gasteiger partial charge in [-0.05, 0) is 55.5 Å². The Morgan fingerprint density at radius 2 is 1.59 bits per heavy atom. The molecule has 0 aliphatic carbocycles. The molecule has 0 atom stereocenters. The first-order valence-corrected chi connectivity index (χ1v) is 15.9. The van der Waals surface area contributed by atoms with Crippen LogP contribution < -0.4 is 0 Å². The fraction of sp³-hybridized carbons (Fsp3) is 0.436. The van der Waals surface area contributed by atoms with Crippen LogP contribution >= 0.6 is 0 Å². The Bertz CT molecular complexity index is 1820. The number of hydrogen-bond donors (Lipinski definition) is 1. The summed E-state index contributed by atoms with van der Waals surface area (Å²) in [6.45, 7) is 20.9. The number of carbonyl (C=O) groups is 1. The molecule has 0 saturated heterocycles. The number of hydrogen-bond acceptors (Lipinski definition) is 3. The van der Waals surface area contributed by atoms with E-state index in [1.807, 2.05) is 47.7 Å². The van der Waals surface area contributed by atoms with Crippen LogP contribution in [0.3, 0.4) is 0 Å². The molecule has 5 rings (SSSR count). The second-order valence-electron chi connectivity index (χ2n) is 13.0. The number of aliphatic hydroxyl groups is 1. The molecule has 0 saturated carbocycles. The maximum absolute atomic E-state index is 12.2. The molecule has 1 radical (unpaired) electrons. The van der Waals surface area contributed by atoms with Crippen molar-refractivity contribution >= 4 is 43.9 Å². The molecule has 5 aromatic rings. The van der Waals surface area contributed by atoms with Gasteiger partial charge in [0.05, 0.1) is 5.65 Å². The molecule has 0 amide bonds. The maximum Gasteiger partial charge on any atom is 0.164 e. The molecular weight excluding hydrogens is 721 g/mol. The third-order valence-corrected chi connectivity index (χ3v) is 10.1. The van der Waals surface area contributed by atoms with E-state index in [4.69, 9.17) is 0 Å². The number of rotatable bonds is 8. The molecule has 0 unspecified atom stereocenters. The van der Waals surface area contributed by atoms with Crippen LogP contribution in [-0.4, -0.2) is 20.3 Å². The molecular formula is C39H49IrN2O2-. The SMILES string of the molecule is CCC(C)(CC)C(=O)/C=C(\O)C(C)(CC)CC.Cc1ccc2[c-]c3c(c(C)c2c1)c1ccc(C(C)C)cc1n1ccnc31.[Ir]. The molecule has 237 valence electrons. The summed E-state index contributed by atoms with van der Waals surface area (Å²) in [6, 6.07) is 17.1. The molecule has 4 nitrogen and oxygen atoms in total. The average Bonchev–Trinajstić information content (AvgIpc) is 3.51. The van der Waals surface area contributed by atoms with Crippen molar-refractivity contribution in [3.63, 3.8) is 0 Å². The minimum atomic E-state index is -0.337. The molecule has 2 aromatic heterocycles. The molecule has 1 N–H and O–H groups in total. The number of nitrogens with zero attached hydrogens (tertiary/aromatic N) is 2. The zero-order valence-corrected chi connectivity index (χ0v) is 30.6. The van der Waals surface area contributed by atoms with Crippen molar-refractivity contribution in [1.82, 2.24) is 9.38 Å². The Morgan fingerprint density at radius 1 is 0.955 bits per heavy atom. The number of pyridine rings is 1. The number of fused-ring (bicyclic) bond motifs is 7. The fourth-order valence-corrected chi connectivity index (χ4v) is 5.79. The van der Waals surface area contributed by atoms with Gasteiger partial charge in [-0.1, -0.05) is 108 Å². The van der Waals surface area contributed by atoms with Gasteiger partial charge in [-0.15, -0.1) is 23.1 Å². The first-order valence-electron chi connectivity index (χ1n) is 15.9. The predicted octanol–water partition coefficient (Wildman–Crippen LogP) is 11.0. The molecule has 44 heavy (non-hydrogen) atoms. The number of imidazole rings is 1. The van der Waals surface area contributed by atoms with E-state index in [1.54, 1.807) is 0 Å². The van der Waals surface area contributed by atoms with Crippen LogP contribution in [0.4, 0.5) is 0 Å². The van der Waals surface area contributed by atoms with Gasteiger partial charge < -0.3 is 9.51 Å². The van der Waals surface area contributed by atoms with Crippen molar-refractivity contribution in [2.75, 3.05) is 0 Å². The molecule has 0 aliphatic heterocycles. The third kappa shape index (κ3) is 6.51. The van der Waals surface area contributed by atoms with E-state index in [9.17, 15) is 9.90 Å². The van der Waals surface area contributed by atoms with Crippen LogP contribution in [0.15, 0.2) is 60.6 Å². The number of ketones is 1. The summed E-state index contributed by atoms with van der Waals surface area (Å²) in [5.74, 6) is 0.786. The van der Waals surface area contributed by atoms with Crippen LogP contribution in [0.2, 0.25) is 0 Å². The maximum atomic E-state index is 12.2. The van der Waals surface area contributed by atoms with Crippen molar-refractivity contribution in [2.45, 2.75) is 101 Å². The van der Waals surface area contributed by atoms with Gasteiger partial charge in [-0.2, -0.15) is 0 Å². The van der Waals surface area contributed by atoms with Crippen LogP contribution in [0.1, 0.15) is 104 Å².